The highest BCUT2D eigenvalue weighted by molar-refractivity contribution is 5.66. The summed E-state index contributed by atoms with van der Waals surface area (Å²) in [4.78, 5) is 10.3. The normalized spacial score (nSPS) is 12.1. The van der Waals surface area contributed by atoms with Crippen LogP contribution in [0.15, 0.2) is 24.3 Å². The molecule has 1 unspecified atom stereocenters. The SMILES string of the molecule is COc1cccc(C(O)CNCCCCCC(=O)O)c1. The standard InChI is InChI=1S/C15H23NO4/c1-20-13-7-5-6-12(10-13)14(17)11-16-9-4-2-3-8-15(18)19/h5-7,10,14,16-17H,2-4,8-9,11H2,1H3,(H,18,19). The third-order valence-electron chi connectivity index (χ3n) is 3.06. The zero-order chi connectivity index (χ0) is 14.8. The molecule has 20 heavy (non-hydrogen) atoms. The third kappa shape index (κ3) is 6.54. The molecular weight excluding hydrogens is 258 g/mol. The number of aliphatic hydroxyl groups excluding tert-OH is 1. The number of benzene rings is 1. The molecule has 1 atom stereocenters. The van der Waals surface area contributed by atoms with Crippen molar-refractivity contribution in [3.63, 3.8) is 0 Å². The molecule has 5 nitrogen and oxygen atoms in total. The van der Waals surface area contributed by atoms with Crippen molar-refractivity contribution in [3.8, 4) is 5.75 Å². The second-order valence-electron chi connectivity index (χ2n) is 4.70. The first-order valence-corrected chi connectivity index (χ1v) is 6.88. The lowest BCUT2D eigenvalue weighted by Gasteiger charge is -2.13. The van der Waals surface area contributed by atoms with Crippen molar-refractivity contribution in [2.45, 2.75) is 31.8 Å². The Morgan fingerprint density at radius 3 is 2.85 bits per heavy atom. The number of aliphatic carboxylic acids is 1. The van der Waals surface area contributed by atoms with Gasteiger partial charge in [0.05, 0.1) is 13.2 Å². The highest BCUT2D eigenvalue weighted by atomic mass is 16.5. The molecule has 0 spiro atoms. The first kappa shape index (κ1) is 16.5. The summed E-state index contributed by atoms with van der Waals surface area (Å²) >= 11 is 0. The molecule has 0 saturated carbocycles. The van der Waals surface area contributed by atoms with E-state index in [0.29, 0.717) is 13.0 Å². The quantitative estimate of drug-likeness (QED) is 0.571. The molecule has 112 valence electrons. The van der Waals surface area contributed by atoms with Gasteiger partial charge in [-0.15, -0.1) is 0 Å². The monoisotopic (exact) mass is 281 g/mol. The van der Waals surface area contributed by atoms with Gasteiger partial charge in [0.15, 0.2) is 0 Å². The fraction of sp³-hybridized carbons (Fsp3) is 0.533. The Kier molecular flexibility index (Phi) is 7.69. The topological polar surface area (TPSA) is 78.8 Å². The minimum atomic E-state index is -0.744. The maximum atomic E-state index is 10.3. The molecule has 0 aliphatic carbocycles. The summed E-state index contributed by atoms with van der Waals surface area (Å²) in [6.45, 7) is 1.26. The van der Waals surface area contributed by atoms with E-state index in [-0.39, 0.29) is 6.42 Å². The number of aliphatic hydroxyl groups is 1. The summed E-state index contributed by atoms with van der Waals surface area (Å²) in [5.41, 5.74) is 0.822. The van der Waals surface area contributed by atoms with Gasteiger partial charge in [0.2, 0.25) is 0 Å². The number of hydrogen-bond donors (Lipinski definition) is 3. The summed E-state index contributed by atoms with van der Waals surface area (Å²) < 4.78 is 5.11. The highest BCUT2D eigenvalue weighted by Gasteiger charge is 2.07. The summed E-state index contributed by atoms with van der Waals surface area (Å²) in [7, 11) is 1.60. The maximum Gasteiger partial charge on any atom is 0.303 e. The molecule has 0 heterocycles. The lowest BCUT2D eigenvalue weighted by molar-refractivity contribution is -0.137. The van der Waals surface area contributed by atoms with Gasteiger partial charge in [-0.1, -0.05) is 18.6 Å². The highest BCUT2D eigenvalue weighted by Crippen LogP contribution is 2.18. The van der Waals surface area contributed by atoms with Crippen molar-refractivity contribution in [3.05, 3.63) is 29.8 Å². The van der Waals surface area contributed by atoms with Crippen LogP contribution in [0.2, 0.25) is 0 Å². The van der Waals surface area contributed by atoms with Gasteiger partial charge in [-0.05, 0) is 37.1 Å². The number of rotatable bonds is 10. The molecule has 0 aromatic heterocycles. The Morgan fingerprint density at radius 2 is 2.15 bits per heavy atom. The van der Waals surface area contributed by atoms with Crippen LogP contribution in [0, 0.1) is 0 Å². The molecule has 0 aliphatic heterocycles. The first-order chi connectivity index (χ1) is 9.63. The van der Waals surface area contributed by atoms with Crippen molar-refractivity contribution < 1.29 is 19.7 Å². The molecule has 0 aliphatic rings. The van der Waals surface area contributed by atoms with Crippen molar-refractivity contribution in [2.24, 2.45) is 0 Å². The number of carboxylic acid groups (broad SMARTS) is 1. The van der Waals surface area contributed by atoms with Crippen LogP contribution in [0.25, 0.3) is 0 Å². The zero-order valence-corrected chi connectivity index (χ0v) is 11.8. The zero-order valence-electron chi connectivity index (χ0n) is 11.8. The van der Waals surface area contributed by atoms with Crippen LogP contribution < -0.4 is 10.1 Å². The van der Waals surface area contributed by atoms with Gasteiger partial charge in [-0.25, -0.2) is 0 Å². The molecule has 1 rings (SSSR count). The largest absolute Gasteiger partial charge is 0.497 e. The molecule has 0 radical (unpaired) electrons. The van der Waals surface area contributed by atoms with E-state index in [1.54, 1.807) is 7.11 Å². The number of unbranched alkanes of at least 4 members (excludes halogenated alkanes) is 2. The lowest BCUT2D eigenvalue weighted by atomic mass is 10.1. The molecular formula is C15H23NO4. The van der Waals surface area contributed by atoms with Crippen molar-refractivity contribution in [1.82, 2.24) is 5.32 Å². The van der Waals surface area contributed by atoms with E-state index < -0.39 is 12.1 Å². The van der Waals surface area contributed by atoms with E-state index in [1.165, 1.54) is 0 Å². The Labute approximate surface area is 119 Å². The maximum absolute atomic E-state index is 10.3. The van der Waals surface area contributed by atoms with Crippen LogP contribution in [0.1, 0.15) is 37.4 Å². The van der Waals surface area contributed by atoms with E-state index in [4.69, 9.17) is 9.84 Å². The minimum Gasteiger partial charge on any atom is -0.497 e. The van der Waals surface area contributed by atoms with Gasteiger partial charge in [-0.3, -0.25) is 4.79 Å². The van der Waals surface area contributed by atoms with Crippen molar-refractivity contribution in [2.75, 3.05) is 20.2 Å². The van der Waals surface area contributed by atoms with Gasteiger partial charge in [-0.2, -0.15) is 0 Å². The van der Waals surface area contributed by atoms with Crippen molar-refractivity contribution >= 4 is 5.97 Å². The number of methoxy groups -OCH3 is 1. The Hall–Kier alpha value is -1.59. The first-order valence-electron chi connectivity index (χ1n) is 6.88. The van der Waals surface area contributed by atoms with Gasteiger partial charge < -0.3 is 20.3 Å². The van der Waals surface area contributed by atoms with Gasteiger partial charge >= 0.3 is 5.97 Å². The van der Waals surface area contributed by atoms with Gasteiger partial charge in [0, 0.05) is 13.0 Å². The summed E-state index contributed by atoms with van der Waals surface area (Å²) in [5.74, 6) is -0.0124. The van der Waals surface area contributed by atoms with Crippen LogP contribution in [-0.2, 0) is 4.79 Å². The van der Waals surface area contributed by atoms with Crippen LogP contribution in [0.3, 0.4) is 0 Å². The second-order valence-corrected chi connectivity index (χ2v) is 4.70. The van der Waals surface area contributed by atoms with Crippen molar-refractivity contribution in [1.29, 1.82) is 0 Å². The summed E-state index contributed by atoms with van der Waals surface area (Å²) in [6, 6.07) is 7.37. The predicted molar refractivity (Wildman–Crippen MR) is 76.9 cm³/mol. The summed E-state index contributed by atoms with van der Waals surface area (Å²) in [5, 5.41) is 21.7. The molecule has 1 aromatic carbocycles. The van der Waals surface area contributed by atoms with E-state index in [0.717, 1.165) is 30.7 Å². The fourth-order valence-corrected chi connectivity index (χ4v) is 1.91. The number of ether oxygens (including phenoxy) is 1. The number of carbonyl (C=O) groups is 1. The predicted octanol–water partition coefficient (Wildman–Crippen LogP) is 1.96. The fourth-order valence-electron chi connectivity index (χ4n) is 1.91. The third-order valence-corrected chi connectivity index (χ3v) is 3.06. The average molecular weight is 281 g/mol. The Morgan fingerprint density at radius 1 is 1.35 bits per heavy atom. The number of nitrogens with one attached hydrogen (secondary N) is 1. The van der Waals surface area contributed by atoms with E-state index in [1.807, 2.05) is 24.3 Å². The van der Waals surface area contributed by atoms with Gasteiger partial charge in [0.1, 0.15) is 5.75 Å². The van der Waals surface area contributed by atoms with Crippen LogP contribution in [0.4, 0.5) is 0 Å². The Bertz CT molecular complexity index is 409. The molecule has 0 fully saturated rings. The molecule has 0 amide bonds. The van der Waals surface area contributed by atoms with E-state index >= 15 is 0 Å². The van der Waals surface area contributed by atoms with Crippen LogP contribution in [0.5, 0.6) is 5.75 Å². The minimum absolute atomic E-state index is 0.229. The average Bonchev–Trinajstić information content (AvgIpc) is 2.45. The molecule has 3 N–H and O–H groups in total. The summed E-state index contributed by atoms with van der Waals surface area (Å²) in [6.07, 6.45) is 2.17. The Balaban J connectivity index is 2.16. The van der Waals surface area contributed by atoms with E-state index in [2.05, 4.69) is 5.32 Å². The van der Waals surface area contributed by atoms with E-state index in [9.17, 15) is 9.90 Å². The number of carboxylic acids is 1. The van der Waals surface area contributed by atoms with Gasteiger partial charge in [0.25, 0.3) is 0 Å². The molecule has 0 bridgehead atoms. The van der Waals surface area contributed by atoms with Crippen LogP contribution in [-0.4, -0.2) is 36.4 Å². The second kappa shape index (κ2) is 9.34. The molecule has 0 saturated heterocycles. The lowest BCUT2D eigenvalue weighted by Crippen LogP contribution is -2.22. The molecule has 1 aromatic rings. The van der Waals surface area contributed by atoms with Crippen LogP contribution >= 0.6 is 0 Å². The number of hydrogen-bond acceptors (Lipinski definition) is 4. The molecule has 5 heteroatoms. The smallest absolute Gasteiger partial charge is 0.303 e.